The first-order chi connectivity index (χ1) is 26.9. The summed E-state index contributed by atoms with van der Waals surface area (Å²) < 4.78 is 0. The van der Waals surface area contributed by atoms with Gasteiger partial charge in [-0.25, -0.2) is 4.79 Å². The van der Waals surface area contributed by atoms with Crippen LogP contribution in [0.4, 0.5) is 0 Å². The van der Waals surface area contributed by atoms with E-state index >= 15 is 0 Å². The molecule has 9 atom stereocenters. The minimum Gasteiger partial charge on any atom is -0.481 e. The Morgan fingerprint density at radius 3 is 1.43 bits per heavy atom. The molecular formula is C33H58N10O15. The molecule has 0 aromatic heterocycles. The fourth-order valence-corrected chi connectivity index (χ4v) is 5.00. The maximum Gasteiger partial charge on any atom is 0.326 e. The van der Waals surface area contributed by atoms with Gasteiger partial charge in [-0.05, 0) is 51.9 Å². The van der Waals surface area contributed by atoms with Crippen LogP contribution in [0.25, 0.3) is 0 Å². The monoisotopic (exact) mass is 834 g/mol. The summed E-state index contributed by atoms with van der Waals surface area (Å²) in [6, 6.07) is -11.3. The number of hydrogen-bond acceptors (Lipinski definition) is 14. The number of aliphatic carboxylic acids is 3. The van der Waals surface area contributed by atoms with Gasteiger partial charge in [-0.15, -0.1) is 0 Å². The summed E-state index contributed by atoms with van der Waals surface area (Å²) in [5, 5.41) is 71.3. The lowest BCUT2D eigenvalue weighted by atomic mass is 10.0. The van der Waals surface area contributed by atoms with Crippen molar-refractivity contribution >= 4 is 59.3 Å². The van der Waals surface area contributed by atoms with E-state index < -0.39 is 134 Å². The van der Waals surface area contributed by atoms with E-state index in [2.05, 4.69) is 36.9 Å². The van der Waals surface area contributed by atoms with Crippen LogP contribution in [0.3, 0.4) is 0 Å². The minimum absolute atomic E-state index is 0.0185. The Bertz CT molecular complexity index is 1470. The van der Waals surface area contributed by atoms with E-state index in [1.807, 2.05) is 0 Å². The number of hydrogen-bond donors (Lipinski definition) is 15. The van der Waals surface area contributed by atoms with Gasteiger partial charge in [0, 0.05) is 19.4 Å². The van der Waals surface area contributed by atoms with Gasteiger partial charge in [-0.1, -0.05) is 13.8 Å². The molecule has 25 heteroatoms. The number of nitrogens with two attached hydrogens (primary N) is 3. The summed E-state index contributed by atoms with van der Waals surface area (Å²) in [7, 11) is 0. The number of nitrogens with zero attached hydrogens (tertiary/aromatic N) is 1. The normalized spacial score (nSPS) is 15.7. The van der Waals surface area contributed by atoms with E-state index in [0.717, 1.165) is 13.8 Å². The molecular weight excluding hydrogens is 776 g/mol. The molecule has 330 valence electrons. The Balaban J connectivity index is 6.09. The number of aliphatic imine (C=N–C) groups is 1. The quantitative estimate of drug-likeness (QED) is 0.0198. The molecule has 0 aliphatic carbocycles. The van der Waals surface area contributed by atoms with Crippen LogP contribution in [0.1, 0.15) is 72.6 Å². The minimum atomic E-state index is -1.83. The second kappa shape index (κ2) is 26.3. The SMILES string of the molecule is CC(C)C[C@H](NC(=O)[C@@H](NC(=O)[C@H](CO)NC(=O)[C@H](CCCN=C(N)N)NC(=O)[C@@H](N)CCC(=O)O)[C@@H](C)O)C(=O)N[C@H](C(=O)N[C@@H](CCC(=O)O)C(=O)O)[C@@H](C)O. The molecule has 0 rings (SSSR count). The van der Waals surface area contributed by atoms with E-state index in [4.69, 9.17) is 27.4 Å². The number of aliphatic hydroxyl groups excluding tert-OH is 3. The highest BCUT2D eigenvalue weighted by molar-refractivity contribution is 5.97. The van der Waals surface area contributed by atoms with E-state index in [9.17, 15) is 63.6 Å². The van der Waals surface area contributed by atoms with Gasteiger partial charge in [0.1, 0.15) is 36.3 Å². The van der Waals surface area contributed by atoms with Gasteiger partial charge in [0.05, 0.1) is 24.9 Å². The molecule has 0 heterocycles. The highest BCUT2D eigenvalue weighted by Crippen LogP contribution is 2.09. The third-order valence-electron chi connectivity index (χ3n) is 8.13. The van der Waals surface area contributed by atoms with Crippen molar-refractivity contribution in [3.63, 3.8) is 0 Å². The Hall–Kier alpha value is -5.66. The smallest absolute Gasteiger partial charge is 0.326 e. The Labute approximate surface area is 333 Å². The standard InChI is InChI=1S/C33H58N10O15/c1-14(2)12-20(28(53)42-24(15(3)45)30(55)39-19(32(57)58)8-10-23(49)50)40-31(56)25(16(4)46)43-29(54)21(13-44)41-27(52)18(6-5-11-37-33(35)36)38-26(51)17(34)7-9-22(47)48/h14-21,24-25,44-46H,5-13,34H2,1-4H3,(H,38,51)(H,39,55)(H,40,56)(H,41,52)(H,42,53)(H,43,54)(H,47,48)(H,49,50)(H,57,58)(H4,35,36,37)/t15-,16-,17+,18+,19+,20+,21+,24+,25+/m1/s1. The van der Waals surface area contributed by atoms with Crippen LogP contribution in [0.15, 0.2) is 4.99 Å². The third-order valence-corrected chi connectivity index (χ3v) is 8.13. The number of carbonyl (C=O) groups excluding carboxylic acids is 6. The lowest BCUT2D eigenvalue weighted by molar-refractivity contribution is -0.144. The Morgan fingerprint density at radius 2 is 1.00 bits per heavy atom. The topological polar surface area (TPSA) is 438 Å². The number of amides is 6. The number of carboxylic acids is 3. The fourth-order valence-electron chi connectivity index (χ4n) is 5.00. The molecule has 0 radical (unpaired) electrons. The molecule has 0 saturated carbocycles. The summed E-state index contributed by atoms with van der Waals surface area (Å²) >= 11 is 0. The van der Waals surface area contributed by atoms with Gasteiger partial charge >= 0.3 is 17.9 Å². The molecule has 0 aliphatic rings. The maximum atomic E-state index is 13.5. The predicted octanol–water partition coefficient (Wildman–Crippen LogP) is -6.11. The highest BCUT2D eigenvalue weighted by atomic mass is 16.4. The van der Waals surface area contributed by atoms with Crippen molar-refractivity contribution in [2.24, 2.45) is 28.1 Å². The van der Waals surface area contributed by atoms with Crippen LogP contribution < -0.4 is 49.1 Å². The van der Waals surface area contributed by atoms with E-state index in [0.29, 0.717) is 0 Å². The lowest BCUT2D eigenvalue weighted by Gasteiger charge is -2.29. The van der Waals surface area contributed by atoms with Gasteiger partial charge in [0.25, 0.3) is 0 Å². The number of guanidine groups is 1. The van der Waals surface area contributed by atoms with Crippen molar-refractivity contribution in [2.75, 3.05) is 13.2 Å². The molecule has 25 nitrogen and oxygen atoms in total. The highest BCUT2D eigenvalue weighted by Gasteiger charge is 2.36. The van der Waals surface area contributed by atoms with E-state index in [1.165, 1.54) is 0 Å². The van der Waals surface area contributed by atoms with Gasteiger partial charge in [-0.2, -0.15) is 0 Å². The number of carbonyl (C=O) groups is 9. The zero-order chi connectivity index (χ0) is 44.9. The van der Waals surface area contributed by atoms with Gasteiger partial charge in [0.15, 0.2) is 5.96 Å². The molecule has 0 spiro atoms. The maximum absolute atomic E-state index is 13.5. The molecule has 0 saturated heterocycles. The van der Waals surface area contributed by atoms with Crippen molar-refractivity contribution in [2.45, 2.75) is 127 Å². The zero-order valence-corrected chi connectivity index (χ0v) is 32.7. The zero-order valence-electron chi connectivity index (χ0n) is 32.7. The largest absolute Gasteiger partial charge is 0.481 e. The molecule has 0 aromatic carbocycles. The summed E-state index contributed by atoms with van der Waals surface area (Å²) in [4.78, 5) is 116. The molecule has 58 heavy (non-hydrogen) atoms. The molecule has 0 unspecified atom stereocenters. The number of nitrogens with one attached hydrogen (secondary N) is 6. The average molecular weight is 835 g/mol. The molecule has 18 N–H and O–H groups in total. The van der Waals surface area contributed by atoms with Crippen molar-refractivity contribution in [1.29, 1.82) is 0 Å². The second-order valence-electron chi connectivity index (χ2n) is 13.8. The van der Waals surface area contributed by atoms with Gasteiger partial charge < -0.3 is 79.7 Å². The van der Waals surface area contributed by atoms with Crippen LogP contribution in [0.5, 0.6) is 0 Å². The van der Waals surface area contributed by atoms with Crippen LogP contribution >= 0.6 is 0 Å². The first-order valence-electron chi connectivity index (χ1n) is 18.2. The van der Waals surface area contributed by atoms with Crippen molar-refractivity contribution in [1.82, 2.24) is 31.9 Å². The Kier molecular flexibility index (Phi) is 23.7. The molecule has 0 bridgehead atoms. The Morgan fingerprint density at radius 1 is 0.569 bits per heavy atom. The number of carboxylic acid groups (broad SMARTS) is 3. The first-order valence-corrected chi connectivity index (χ1v) is 18.2. The second-order valence-corrected chi connectivity index (χ2v) is 13.8. The van der Waals surface area contributed by atoms with Gasteiger partial charge in [-0.3, -0.25) is 43.3 Å². The van der Waals surface area contributed by atoms with Crippen LogP contribution in [0, 0.1) is 5.92 Å². The average Bonchev–Trinajstić information content (AvgIpc) is 3.11. The fraction of sp³-hybridized carbons (Fsp3) is 0.697. The number of rotatable bonds is 28. The molecule has 0 aliphatic heterocycles. The lowest BCUT2D eigenvalue weighted by Crippen LogP contribution is -2.63. The van der Waals surface area contributed by atoms with Crippen molar-refractivity contribution < 1.29 is 73.8 Å². The van der Waals surface area contributed by atoms with Crippen molar-refractivity contribution in [3.05, 3.63) is 0 Å². The first kappa shape index (κ1) is 52.3. The number of aliphatic hydroxyl groups is 3. The van der Waals surface area contributed by atoms with Gasteiger partial charge in [0.2, 0.25) is 35.4 Å². The van der Waals surface area contributed by atoms with E-state index in [1.54, 1.807) is 13.8 Å². The van der Waals surface area contributed by atoms with Crippen LogP contribution in [-0.4, -0.2) is 158 Å². The van der Waals surface area contributed by atoms with Crippen LogP contribution in [-0.2, 0) is 43.2 Å². The molecule has 0 fully saturated rings. The molecule has 6 amide bonds. The summed E-state index contributed by atoms with van der Waals surface area (Å²) in [6.07, 6.45) is -5.25. The summed E-state index contributed by atoms with van der Waals surface area (Å²) in [5.41, 5.74) is 16.4. The summed E-state index contributed by atoms with van der Waals surface area (Å²) in [6.45, 7) is 4.48. The molecule has 0 aromatic rings. The predicted molar refractivity (Wildman–Crippen MR) is 201 cm³/mol. The third kappa shape index (κ3) is 20.5. The van der Waals surface area contributed by atoms with Crippen LogP contribution in [0.2, 0.25) is 0 Å². The summed E-state index contributed by atoms with van der Waals surface area (Å²) in [5.74, 6) is -11.2. The van der Waals surface area contributed by atoms with E-state index in [-0.39, 0.29) is 44.1 Å². The van der Waals surface area contributed by atoms with Crippen molar-refractivity contribution in [3.8, 4) is 0 Å².